The molecule has 2 unspecified atom stereocenters. The van der Waals surface area contributed by atoms with E-state index in [1.54, 1.807) is 11.9 Å². The van der Waals surface area contributed by atoms with Crippen LogP contribution in [-0.4, -0.2) is 59.4 Å². The molecule has 2 atom stereocenters. The molecular formula is C14H20N2O4. The number of carboxylic acid groups (broad SMARTS) is 1. The second-order valence-corrected chi connectivity index (χ2v) is 5.42. The van der Waals surface area contributed by atoms with Gasteiger partial charge in [-0.2, -0.15) is 0 Å². The predicted molar refractivity (Wildman–Crippen MR) is 71.8 cm³/mol. The molecule has 1 saturated heterocycles. The van der Waals surface area contributed by atoms with Gasteiger partial charge in [-0.05, 0) is 19.3 Å². The van der Waals surface area contributed by atoms with Crippen LogP contribution in [0.4, 0.5) is 0 Å². The number of aliphatic carboxylic acids is 1. The van der Waals surface area contributed by atoms with Crippen LogP contribution < -0.4 is 0 Å². The number of allylic oxidation sites excluding steroid dienone is 2. The minimum absolute atomic E-state index is 0.0574. The van der Waals surface area contributed by atoms with E-state index in [0.717, 1.165) is 6.42 Å². The topological polar surface area (TPSA) is 77.9 Å². The molecule has 1 aliphatic heterocycles. The molecule has 0 aromatic rings. The fourth-order valence-electron chi connectivity index (χ4n) is 2.77. The molecule has 1 fully saturated rings. The molecule has 1 heterocycles. The number of hydrogen-bond donors (Lipinski definition) is 1. The van der Waals surface area contributed by atoms with Gasteiger partial charge in [0.25, 0.3) is 0 Å². The first-order chi connectivity index (χ1) is 9.50. The smallest absolute Gasteiger partial charge is 0.307 e. The fourth-order valence-corrected chi connectivity index (χ4v) is 2.77. The fraction of sp³-hybridized carbons (Fsp3) is 0.643. The monoisotopic (exact) mass is 280 g/mol. The number of hydrogen-bond acceptors (Lipinski definition) is 3. The van der Waals surface area contributed by atoms with Gasteiger partial charge in [0, 0.05) is 20.1 Å². The average molecular weight is 280 g/mol. The summed E-state index contributed by atoms with van der Waals surface area (Å²) in [5.74, 6) is -2.46. The minimum Gasteiger partial charge on any atom is -0.481 e. The van der Waals surface area contributed by atoms with Gasteiger partial charge in [-0.3, -0.25) is 14.4 Å². The zero-order chi connectivity index (χ0) is 14.7. The maximum atomic E-state index is 12.5. The van der Waals surface area contributed by atoms with Crippen LogP contribution in [0.3, 0.4) is 0 Å². The highest BCUT2D eigenvalue weighted by molar-refractivity contribution is 5.89. The molecule has 1 aliphatic carbocycles. The summed E-state index contributed by atoms with van der Waals surface area (Å²) in [5.41, 5.74) is 0. The molecule has 0 bridgehead atoms. The molecule has 2 rings (SSSR count). The van der Waals surface area contributed by atoms with Crippen LogP contribution in [0.15, 0.2) is 12.2 Å². The van der Waals surface area contributed by atoms with Crippen LogP contribution in [-0.2, 0) is 14.4 Å². The quantitative estimate of drug-likeness (QED) is 0.740. The van der Waals surface area contributed by atoms with Gasteiger partial charge in [0.15, 0.2) is 0 Å². The van der Waals surface area contributed by atoms with Gasteiger partial charge in [0.2, 0.25) is 11.8 Å². The molecule has 0 radical (unpaired) electrons. The number of nitrogens with zero attached hydrogens (tertiary/aromatic N) is 2. The van der Waals surface area contributed by atoms with E-state index < -0.39 is 17.8 Å². The van der Waals surface area contributed by atoms with Gasteiger partial charge in [-0.1, -0.05) is 12.2 Å². The van der Waals surface area contributed by atoms with Crippen molar-refractivity contribution in [2.45, 2.75) is 19.3 Å². The van der Waals surface area contributed by atoms with E-state index in [4.69, 9.17) is 0 Å². The summed E-state index contributed by atoms with van der Waals surface area (Å²) in [6.07, 6.45) is 5.22. The lowest BCUT2D eigenvalue weighted by Crippen LogP contribution is -2.44. The number of carbonyl (C=O) groups excluding carboxylic acids is 2. The molecule has 0 aromatic carbocycles. The van der Waals surface area contributed by atoms with E-state index >= 15 is 0 Å². The summed E-state index contributed by atoms with van der Waals surface area (Å²) >= 11 is 0. The van der Waals surface area contributed by atoms with Crippen molar-refractivity contribution in [3.8, 4) is 0 Å². The van der Waals surface area contributed by atoms with Crippen molar-refractivity contribution >= 4 is 17.8 Å². The normalized spacial score (nSPS) is 27.4. The highest BCUT2D eigenvalue weighted by Crippen LogP contribution is 2.28. The second kappa shape index (κ2) is 6.07. The summed E-state index contributed by atoms with van der Waals surface area (Å²) in [7, 11) is 1.72. The Morgan fingerprint density at radius 2 is 1.85 bits per heavy atom. The van der Waals surface area contributed by atoms with E-state index in [1.165, 1.54) is 4.90 Å². The van der Waals surface area contributed by atoms with Gasteiger partial charge in [0.05, 0.1) is 18.4 Å². The molecule has 0 spiro atoms. The molecule has 6 heteroatoms. The molecule has 6 nitrogen and oxygen atoms in total. The van der Waals surface area contributed by atoms with Crippen molar-refractivity contribution in [3.63, 3.8) is 0 Å². The van der Waals surface area contributed by atoms with Crippen molar-refractivity contribution in [1.82, 2.24) is 9.80 Å². The molecule has 2 amide bonds. The lowest BCUT2D eigenvalue weighted by molar-refractivity contribution is -0.151. The van der Waals surface area contributed by atoms with Crippen molar-refractivity contribution in [3.05, 3.63) is 12.2 Å². The summed E-state index contributed by atoms with van der Waals surface area (Å²) in [5, 5.41) is 9.23. The van der Waals surface area contributed by atoms with Gasteiger partial charge in [0.1, 0.15) is 0 Å². The van der Waals surface area contributed by atoms with E-state index in [0.29, 0.717) is 25.9 Å². The van der Waals surface area contributed by atoms with Crippen LogP contribution in [0.5, 0.6) is 0 Å². The first kappa shape index (κ1) is 14.6. The van der Waals surface area contributed by atoms with E-state index in [9.17, 15) is 19.5 Å². The van der Waals surface area contributed by atoms with Crippen molar-refractivity contribution in [2.75, 3.05) is 26.7 Å². The summed E-state index contributed by atoms with van der Waals surface area (Å²) in [6.45, 7) is 1.21. The second-order valence-electron chi connectivity index (χ2n) is 5.42. The third kappa shape index (κ3) is 3.00. The van der Waals surface area contributed by atoms with Crippen LogP contribution in [0.1, 0.15) is 19.3 Å². The first-order valence-corrected chi connectivity index (χ1v) is 6.91. The zero-order valence-electron chi connectivity index (χ0n) is 11.6. The third-order valence-corrected chi connectivity index (χ3v) is 4.05. The van der Waals surface area contributed by atoms with E-state index in [-0.39, 0.29) is 18.4 Å². The number of carboxylic acids is 1. The standard InChI is InChI=1S/C14H20N2O4/c1-15-7-4-8-16(9-12(15)17)13(18)10-5-2-3-6-11(10)14(19)20/h2-3,10-11H,4-9H2,1H3,(H,19,20). The van der Waals surface area contributed by atoms with Crippen LogP contribution in [0.2, 0.25) is 0 Å². The minimum atomic E-state index is -0.939. The Balaban J connectivity index is 2.11. The molecule has 1 N–H and O–H groups in total. The largest absolute Gasteiger partial charge is 0.481 e. The average Bonchev–Trinajstić information content (AvgIpc) is 2.60. The Morgan fingerprint density at radius 3 is 2.50 bits per heavy atom. The number of rotatable bonds is 2. The van der Waals surface area contributed by atoms with Gasteiger partial charge >= 0.3 is 5.97 Å². The Kier molecular flexibility index (Phi) is 4.42. The summed E-state index contributed by atoms with van der Waals surface area (Å²) in [6, 6.07) is 0. The Hall–Kier alpha value is -1.85. The lowest BCUT2D eigenvalue weighted by atomic mass is 9.82. The molecular weight excluding hydrogens is 260 g/mol. The molecule has 0 saturated carbocycles. The SMILES string of the molecule is CN1CCCN(C(=O)C2CC=CCC2C(=O)O)CC1=O. The van der Waals surface area contributed by atoms with Crippen molar-refractivity contribution in [1.29, 1.82) is 0 Å². The predicted octanol–water partition coefficient (Wildman–Crippen LogP) is 0.344. The number of carbonyl (C=O) groups is 3. The maximum Gasteiger partial charge on any atom is 0.307 e. The summed E-state index contributed by atoms with van der Waals surface area (Å²) in [4.78, 5) is 38.7. The van der Waals surface area contributed by atoms with Crippen molar-refractivity contribution in [2.24, 2.45) is 11.8 Å². The van der Waals surface area contributed by atoms with Crippen molar-refractivity contribution < 1.29 is 19.5 Å². The molecule has 20 heavy (non-hydrogen) atoms. The highest BCUT2D eigenvalue weighted by Gasteiger charge is 2.37. The number of likely N-dealkylation sites (N-methyl/N-ethyl adjacent to an activating group) is 1. The Labute approximate surface area is 118 Å². The van der Waals surface area contributed by atoms with Crippen LogP contribution >= 0.6 is 0 Å². The third-order valence-electron chi connectivity index (χ3n) is 4.05. The molecule has 0 aromatic heterocycles. The lowest BCUT2D eigenvalue weighted by Gasteiger charge is -2.29. The first-order valence-electron chi connectivity index (χ1n) is 6.91. The highest BCUT2D eigenvalue weighted by atomic mass is 16.4. The van der Waals surface area contributed by atoms with Crippen LogP contribution in [0, 0.1) is 11.8 Å². The Morgan fingerprint density at radius 1 is 1.20 bits per heavy atom. The number of amides is 2. The van der Waals surface area contributed by atoms with E-state index in [2.05, 4.69) is 0 Å². The summed E-state index contributed by atoms with van der Waals surface area (Å²) < 4.78 is 0. The van der Waals surface area contributed by atoms with E-state index in [1.807, 2.05) is 12.2 Å². The van der Waals surface area contributed by atoms with Gasteiger partial charge in [-0.25, -0.2) is 0 Å². The van der Waals surface area contributed by atoms with Crippen LogP contribution in [0.25, 0.3) is 0 Å². The molecule has 110 valence electrons. The van der Waals surface area contributed by atoms with Gasteiger partial charge in [-0.15, -0.1) is 0 Å². The molecule has 2 aliphatic rings. The van der Waals surface area contributed by atoms with Gasteiger partial charge < -0.3 is 14.9 Å². The zero-order valence-corrected chi connectivity index (χ0v) is 11.6. The Bertz CT molecular complexity index is 446. The maximum absolute atomic E-state index is 12.5.